The maximum absolute atomic E-state index is 12.3. The van der Waals surface area contributed by atoms with Crippen molar-refractivity contribution in [1.29, 1.82) is 0 Å². The fraction of sp³-hybridized carbons (Fsp3) is 0.286. The molecule has 0 radical (unpaired) electrons. The molecule has 0 N–H and O–H groups in total. The van der Waals surface area contributed by atoms with Crippen LogP contribution >= 0.6 is 23.2 Å². The molecule has 0 amide bonds. The van der Waals surface area contributed by atoms with Gasteiger partial charge in [-0.05, 0) is 31.4 Å². The molecule has 0 unspecified atom stereocenters. The second kappa shape index (κ2) is 5.25. The lowest BCUT2D eigenvalue weighted by Crippen LogP contribution is -2.18. The zero-order valence-electron chi connectivity index (χ0n) is 9.93. The van der Waals surface area contributed by atoms with Crippen molar-refractivity contribution in [2.24, 2.45) is 0 Å². The number of carbonyl (C=O) groups excluding carboxylic acids is 2. The lowest BCUT2D eigenvalue weighted by Gasteiger charge is -2.15. The monoisotopic (exact) mass is 282 g/mol. The minimum atomic E-state index is -0.363. The van der Waals surface area contributed by atoms with Crippen molar-refractivity contribution in [3.05, 3.63) is 45.0 Å². The Morgan fingerprint density at radius 3 is 2.61 bits per heavy atom. The second-order valence-electron chi connectivity index (χ2n) is 4.32. The molecule has 0 spiro atoms. The maximum atomic E-state index is 12.3. The van der Waals surface area contributed by atoms with E-state index in [9.17, 15) is 9.59 Å². The van der Waals surface area contributed by atoms with Crippen LogP contribution in [-0.4, -0.2) is 11.6 Å². The Morgan fingerprint density at radius 2 is 1.94 bits per heavy atom. The minimum absolute atomic E-state index is 0.107. The summed E-state index contributed by atoms with van der Waals surface area (Å²) in [5.74, 6) is -0.549. The first-order valence-corrected chi connectivity index (χ1v) is 6.49. The molecule has 0 bridgehead atoms. The molecule has 0 saturated heterocycles. The largest absolute Gasteiger partial charge is 0.294 e. The highest BCUT2D eigenvalue weighted by atomic mass is 35.5. The van der Waals surface area contributed by atoms with Gasteiger partial charge < -0.3 is 0 Å². The number of aryl methyl sites for hydroxylation is 1. The van der Waals surface area contributed by atoms with Crippen LogP contribution in [0.15, 0.2) is 28.8 Å². The van der Waals surface area contributed by atoms with Crippen molar-refractivity contribution in [2.75, 3.05) is 0 Å². The highest BCUT2D eigenvalue weighted by Crippen LogP contribution is 2.30. The molecule has 2 rings (SSSR count). The first-order valence-electron chi connectivity index (χ1n) is 5.74. The van der Waals surface area contributed by atoms with E-state index in [1.54, 1.807) is 12.1 Å². The highest BCUT2D eigenvalue weighted by molar-refractivity contribution is 6.42. The first-order chi connectivity index (χ1) is 8.52. The lowest BCUT2D eigenvalue weighted by molar-refractivity contribution is -0.115. The van der Waals surface area contributed by atoms with E-state index < -0.39 is 0 Å². The van der Waals surface area contributed by atoms with Crippen LogP contribution in [0.2, 0.25) is 5.02 Å². The van der Waals surface area contributed by atoms with E-state index in [-0.39, 0.29) is 17.1 Å². The van der Waals surface area contributed by atoms with E-state index in [1.807, 2.05) is 13.0 Å². The fourth-order valence-electron chi connectivity index (χ4n) is 2.01. The van der Waals surface area contributed by atoms with Crippen LogP contribution in [0.3, 0.4) is 0 Å². The van der Waals surface area contributed by atoms with Gasteiger partial charge in [0.25, 0.3) is 0 Å². The summed E-state index contributed by atoms with van der Waals surface area (Å²) in [6, 6.07) is 5.19. The molecule has 2 nitrogen and oxygen atoms in total. The molecule has 0 aliphatic heterocycles. The average molecular weight is 283 g/mol. The third-order valence-electron chi connectivity index (χ3n) is 3.01. The van der Waals surface area contributed by atoms with Gasteiger partial charge in [0.05, 0.1) is 10.6 Å². The van der Waals surface area contributed by atoms with E-state index in [0.29, 0.717) is 34.9 Å². The molecule has 1 aliphatic rings. The molecule has 0 aromatic heterocycles. The Bertz CT molecular complexity index is 559. The Hall–Kier alpha value is -1.12. The zero-order chi connectivity index (χ0) is 13.3. The SMILES string of the molecule is Cc1cccc(C(=O)C2=C(Cl)CCCC2=O)c1Cl. The predicted molar refractivity (Wildman–Crippen MR) is 72.3 cm³/mol. The minimum Gasteiger partial charge on any atom is -0.294 e. The Kier molecular flexibility index (Phi) is 3.88. The molecular weight excluding hydrogens is 271 g/mol. The zero-order valence-corrected chi connectivity index (χ0v) is 11.4. The van der Waals surface area contributed by atoms with Gasteiger partial charge in [-0.15, -0.1) is 0 Å². The number of carbonyl (C=O) groups is 2. The molecular formula is C14H12Cl2O2. The number of hydrogen-bond acceptors (Lipinski definition) is 2. The summed E-state index contributed by atoms with van der Waals surface area (Å²) in [6.07, 6.45) is 1.66. The number of hydrogen-bond donors (Lipinski definition) is 0. The summed E-state index contributed by atoms with van der Waals surface area (Å²) in [4.78, 5) is 24.2. The summed E-state index contributed by atoms with van der Waals surface area (Å²) < 4.78 is 0. The summed E-state index contributed by atoms with van der Waals surface area (Å²) in [7, 11) is 0. The maximum Gasteiger partial charge on any atom is 0.199 e. The van der Waals surface area contributed by atoms with Crippen molar-refractivity contribution < 1.29 is 9.59 Å². The van der Waals surface area contributed by atoms with Crippen molar-refractivity contribution in [1.82, 2.24) is 0 Å². The van der Waals surface area contributed by atoms with Crippen LogP contribution in [0.1, 0.15) is 35.2 Å². The quantitative estimate of drug-likeness (QED) is 0.605. The second-order valence-corrected chi connectivity index (χ2v) is 5.16. The summed E-state index contributed by atoms with van der Waals surface area (Å²) in [6.45, 7) is 1.82. The van der Waals surface area contributed by atoms with Gasteiger partial charge in [-0.3, -0.25) is 9.59 Å². The van der Waals surface area contributed by atoms with Gasteiger partial charge in [0.15, 0.2) is 11.6 Å². The Labute approximate surface area is 116 Å². The molecule has 94 valence electrons. The van der Waals surface area contributed by atoms with Crippen molar-refractivity contribution >= 4 is 34.8 Å². The van der Waals surface area contributed by atoms with E-state index in [0.717, 1.165) is 5.56 Å². The van der Waals surface area contributed by atoms with Gasteiger partial charge in [-0.2, -0.15) is 0 Å². The molecule has 4 heteroatoms. The third kappa shape index (κ3) is 2.36. The molecule has 0 heterocycles. The van der Waals surface area contributed by atoms with Crippen LogP contribution in [-0.2, 0) is 4.79 Å². The normalized spacial score (nSPS) is 16.1. The number of ketones is 2. The summed E-state index contributed by atoms with van der Waals surface area (Å²) in [5.41, 5.74) is 1.26. The predicted octanol–water partition coefficient (Wildman–Crippen LogP) is 4.08. The van der Waals surface area contributed by atoms with Crippen LogP contribution in [0, 0.1) is 6.92 Å². The van der Waals surface area contributed by atoms with Crippen LogP contribution < -0.4 is 0 Å². The van der Waals surface area contributed by atoms with Crippen LogP contribution in [0.25, 0.3) is 0 Å². The van der Waals surface area contributed by atoms with Gasteiger partial charge in [0.2, 0.25) is 0 Å². The topological polar surface area (TPSA) is 34.1 Å². The van der Waals surface area contributed by atoms with Crippen molar-refractivity contribution in [2.45, 2.75) is 26.2 Å². The standard InChI is InChI=1S/C14H12Cl2O2/c1-8-4-2-5-9(13(8)16)14(18)12-10(15)6-3-7-11(12)17/h2,4-5H,3,6-7H2,1H3. The Morgan fingerprint density at radius 1 is 1.22 bits per heavy atom. The lowest BCUT2D eigenvalue weighted by atomic mass is 9.91. The number of Topliss-reactive ketones (excluding diaryl/α,β-unsaturated/α-hetero) is 2. The summed E-state index contributed by atoms with van der Waals surface area (Å²) >= 11 is 12.1. The number of benzene rings is 1. The molecule has 1 aliphatic carbocycles. The molecule has 0 fully saturated rings. The van der Waals surface area contributed by atoms with Gasteiger partial charge in [-0.25, -0.2) is 0 Å². The number of halogens is 2. The van der Waals surface area contributed by atoms with Crippen LogP contribution in [0.4, 0.5) is 0 Å². The first kappa shape index (κ1) is 13.3. The molecule has 18 heavy (non-hydrogen) atoms. The number of rotatable bonds is 2. The average Bonchev–Trinajstić information content (AvgIpc) is 2.32. The van der Waals surface area contributed by atoms with Crippen molar-refractivity contribution in [3.63, 3.8) is 0 Å². The van der Waals surface area contributed by atoms with Gasteiger partial charge in [0, 0.05) is 17.0 Å². The van der Waals surface area contributed by atoms with Gasteiger partial charge in [-0.1, -0.05) is 35.3 Å². The van der Waals surface area contributed by atoms with E-state index in [1.165, 1.54) is 0 Å². The highest BCUT2D eigenvalue weighted by Gasteiger charge is 2.27. The number of allylic oxidation sites excluding steroid dienone is 2. The van der Waals surface area contributed by atoms with E-state index in [4.69, 9.17) is 23.2 Å². The van der Waals surface area contributed by atoms with Gasteiger partial charge in [0.1, 0.15) is 0 Å². The van der Waals surface area contributed by atoms with Crippen LogP contribution in [0.5, 0.6) is 0 Å². The molecule has 1 aromatic carbocycles. The fourth-order valence-corrected chi connectivity index (χ4v) is 2.55. The summed E-state index contributed by atoms with van der Waals surface area (Å²) in [5, 5.41) is 0.742. The van der Waals surface area contributed by atoms with E-state index in [2.05, 4.69) is 0 Å². The molecule has 0 saturated carbocycles. The van der Waals surface area contributed by atoms with Crippen molar-refractivity contribution in [3.8, 4) is 0 Å². The molecule has 1 aromatic rings. The van der Waals surface area contributed by atoms with E-state index >= 15 is 0 Å². The smallest absolute Gasteiger partial charge is 0.199 e. The molecule has 0 atom stereocenters. The van der Waals surface area contributed by atoms with Gasteiger partial charge >= 0.3 is 0 Å². The third-order valence-corrected chi connectivity index (χ3v) is 3.89. The Balaban J connectivity index is 2.49.